The molecule has 0 radical (unpaired) electrons. The van der Waals surface area contributed by atoms with Gasteiger partial charge in [0.05, 0.1) is 0 Å². The summed E-state index contributed by atoms with van der Waals surface area (Å²) in [6.07, 6.45) is -26.6. The van der Waals surface area contributed by atoms with Crippen molar-refractivity contribution in [2.24, 2.45) is 0 Å². The van der Waals surface area contributed by atoms with Crippen LogP contribution in [0.5, 0.6) is 0 Å². The van der Waals surface area contributed by atoms with E-state index in [0.717, 1.165) is 18.2 Å². The molecule has 0 bridgehead atoms. The third kappa shape index (κ3) is 3.55. The molecule has 0 N–H and O–H groups in total. The van der Waals surface area contributed by atoms with E-state index in [1.54, 1.807) is 6.07 Å². The Labute approximate surface area is 216 Å². The van der Waals surface area contributed by atoms with Gasteiger partial charge >= 0.3 is 216 Å². The Hall–Kier alpha value is -2.39. The number of hydrogen-bond donors (Lipinski definition) is 0. The van der Waals surface area contributed by atoms with Crippen LogP contribution in [0.2, 0.25) is 0 Å². The monoisotopic (exact) mass is 614 g/mol. The molecule has 0 saturated carbocycles. The third-order valence-electron chi connectivity index (χ3n) is 6.80. The molecule has 3 heterocycles. The van der Waals surface area contributed by atoms with Gasteiger partial charge in [-0.3, -0.25) is 0 Å². The van der Waals surface area contributed by atoms with E-state index in [-0.39, 0.29) is 0 Å². The second-order valence-corrected chi connectivity index (χ2v) is 12.1. The summed E-state index contributed by atoms with van der Waals surface area (Å²) in [7, 11) is -7.10. The maximum absolute atomic E-state index is 14.6. The predicted octanol–water partition coefficient (Wildman–Crippen LogP) is 8.23. The van der Waals surface area contributed by atoms with Crippen LogP contribution in [0.4, 0.5) is 52.7 Å². The van der Waals surface area contributed by atoms with Gasteiger partial charge in [-0.05, 0) is 0 Å². The number of halogens is 12. The van der Waals surface area contributed by atoms with Crippen LogP contribution in [0.15, 0.2) is 66.0 Å². The van der Waals surface area contributed by atoms with Gasteiger partial charge in [-0.25, -0.2) is 0 Å². The zero-order chi connectivity index (χ0) is 29.6. The van der Waals surface area contributed by atoms with Gasteiger partial charge in [-0.2, -0.15) is 0 Å². The van der Waals surface area contributed by atoms with Crippen LogP contribution in [0.25, 0.3) is 5.57 Å². The van der Waals surface area contributed by atoms with E-state index in [2.05, 4.69) is 9.05 Å². The molecule has 2 saturated heterocycles. The number of benzene rings is 2. The molecule has 0 unspecified atom stereocenters. The van der Waals surface area contributed by atoms with E-state index >= 15 is 0 Å². The summed E-state index contributed by atoms with van der Waals surface area (Å²) in [4.78, 5) is 0. The number of alkyl halides is 12. The molecule has 0 atom stereocenters. The zero-order valence-electron chi connectivity index (χ0n) is 19.4. The Balaban J connectivity index is 1.87. The number of rotatable bonds is 2. The molecule has 3 aliphatic heterocycles. The summed E-state index contributed by atoms with van der Waals surface area (Å²) in [6.45, 7) is -1.96. The molecule has 0 aliphatic carbocycles. The minimum atomic E-state index is -7.10. The maximum atomic E-state index is 14.6. The zero-order valence-corrected chi connectivity index (χ0v) is 20.3. The normalized spacial score (nSPS) is 26.5. The van der Waals surface area contributed by atoms with Gasteiger partial charge < -0.3 is 0 Å². The minimum absolute atomic E-state index is 0.322. The molecule has 0 aromatic heterocycles. The molecule has 1 spiro atoms. The average molecular weight is 614 g/mol. The van der Waals surface area contributed by atoms with E-state index in [9.17, 15) is 52.7 Å². The fourth-order valence-electron chi connectivity index (χ4n) is 5.11. The van der Waals surface area contributed by atoms with Crippen LogP contribution in [-0.4, -0.2) is 49.1 Å². The van der Waals surface area contributed by atoms with Crippen molar-refractivity contribution in [3.05, 3.63) is 77.1 Å². The molecular formula is C23H15F12O4P. The summed E-state index contributed by atoms with van der Waals surface area (Å²) < 4.78 is 192. The molecule has 2 aromatic rings. The van der Waals surface area contributed by atoms with Gasteiger partial charge in [0.15, 0.2) is 0 Å². The molecule has 4 nitrogen and oxygen atoms in total. The van der Waals surface area contributed by atoms with E-state index in [0.29, 0.717) is 17.7 Å². The molecule has 0 amide bonds. The first-order chi connectivity index (χ1) is 18.3. The van der Waals surface area contributed by atoms with Crippen molar-refractivity contribution in [1.82, 2.24) is 0 Å². The van der Waals surface area contributed by atoms with Crippen LogP contribution < -0.4 is 0 Å². The van der Waals surface area contributed by atoms with Gasteiger partial charge in [0.1, 0.15) is 0 Å². The summed E-state index contributed by atoms with van der Waals surface area (Å²) in [5.41, 5.74) is -14.9. The van der Waals surface area contributed by atoms with Crippen LogP contribution >= 0.6 is 7.51 Å². The van der Waals surface area contributed by atoms with Crippen molar-refractivity contribution < 1.29 is 70.8 Å². The van der Waals surface area contributed by atoms with Crippen molar-refractivity contribution in [3.63, 3.8) is 0 Å². The standard InChI is InChI=1S/C23H15F12O4P/c24-20(25,26)18(21(27,28)29)16(14-9-5-2-6-10-14)17-19(22(30,31)32,23(33,34)35)39-40(17,38-18)36-11-15(12-37-40)13-7-3-1-4-8-13/h1-10,15H,11-12H2. The van der Waals surface area contributed by atoms with Crippen molar-refractivity contribution in [1.29, 1.82) is 0 Å². The second-order valence-electron chi connectivity index (χ2n) is 9.14. The van der Waals surface area contributed by atoms with Crippen LogP contribution in [0.1, 0.15) is 17.0 Å². The quantitative estimate of drug-likeness (QED) is 0.253. The topological polar surface area (TPSA) is 36.9 Å². The third-order valence-corrected chi connectivity index (χ3v) is 10.4. The molecule has 2 aromatic carbocycles. The Kier molecular flexibility index (Phi) is 6.07. The van der Waals surface area contributed by atoms with Gasteiger partial charge in [-0.15, -0.1) is 0 Å². The van der Waals surface area contributed by atoms with Crippen LogP contribution in [0.3, 0.4) is 0 Å². The summed E-state index contributed by atoms with van der Waals surface area (Å²) in [6, 6.07) is 11.1. The summed E-state index contributed by atoms with van der Waals surface area (Å²) >= 11 is 0. The van der Waals surface area contributed by atoms with Gasteiger partial charge in [-0.1, -0.05) is 0 Å². The first-order valence-electron chi connectivity index (χ1n) is 11.1. The Morgan fingerprint density at radius 1 is 0.575 bits per heavy atom. The predicted molar refractivity (Wildman–Crippen MR) is 113 cm³/mol. The molecular weight excluding hydrogens is 599 g/mol. The van der Waals surface area contributed by atoms with Crippen LogP contribution in [-0.2, 0) is 18.1 Å². The Morgan fingerprint density at radius 2 is 0.975 bits per heavy atom. The van der Waals surface area contributed by atoms with E-state index < -0.39 is 79.0 Å². The molecule has 40 heavy (non-hydrogen) atoms. The second kappa shape index (κ2) is 8.34. The first kappa shape index (κ1) is 29.1. The molecule has 2 fully saturated rings. The van der Waals surface area contributed by atoms with E-state index in [1.165, 1.54) is 24.3 Å². The van der Waals surface area contributed by atoms with Crippen LogP contribution in [0, 0.1) is 0 Å². The molecule has 5 rings (SSSR count). The van der Waals surface area contributed by atoms with Gasteiger partial charge in [0.2, 0.25) is 0 Å². The van der Waals surface area contributed by atoms with E-state index in [4.69, 9.17) is 9.05 Å². The molecule has 220 valence electrons. The average Bonchev–Trinajstić information content (AvgIpc) is 3.04. The van der Waals surface area contributed by atoms with Gasteiger partial charge in [0.25, 0.3) is 0 Å². The van der Waals surface area contributed by atoms with E-state index in [1.807, 2.05) is 0 Å². The SMILES string of the molecule is FC(F)(F)C1(C(F)(F)F)OP23(OCC(c4ccccc4)CO2)OC(C(F)(F)F)(C(F)(F)F)C3=C1c1ccccc1. The fraction of sp³-hybridized carbons (Fsp3) is 0.391. The Bertz CT molecular complexity index is 1300. The molecule has 3 aliphatic rings. The fourth-order valence-corrected chi connectivity index (χ4v) is 9.63. The number of hydrogen-bond acceptors (Lipinski definition) is 4. The van der Waals surface area contributed by atoms with Gasteiger partial charge in [0, 0.05) is 0 Å². The van der Waals surface area contributed by atoms with Crippen molar-refractivity contribution in [2.75, 3.05) is 13.2 Å². The summed E-state index contributed by atoms with van der Waals surface area (Å²) in [5.74, 6) is -1.02. The first-order valence-corrected chi connectivity index (χ1v) is 13.0. The molecule has 17 heteroatoms. The van der Waals surface area contributed by atoms with Crippen molar-refractivity contribution >= 4 is 13.1 Å². The van der Waals surface area contributed by atoms with Crippen molar-refractivity contribution in [2.45, 2.75) is 41.8 Å². The van der Waals surface area contributed by atoms with Crippen molar-refractivity contribution in [3.8, 4) is 0 Å². The summed E-state index contributed by atoms with van der Waals surface area (Å²) in [5, 5.41) is -2.56. The Morgan fingerprint density at radius 3 is 1.40 bits per heavy atom.